The summed E-state index contributed by atoms with van der Waals surface area (Å²) < 4.78 is 0. The van der Waals surface area contributed by atoms with Crippen molar-refractivity contribution >= 4 is 35.0 Å². The molecule has 2 aromatic rings. The van der Waals surface area contributed by atoms with E-state index in [-0.39, 0.29) is 0 Å². The number of rotatable bonds is 4. The first-order valence-corrected chi connectivity index (χ1v) is 6.86. The number of aryl methyl sites for hydroxylation is 1. The van der Waals surface area contributed by atoms with E-state index in [2.05, 4.69) is 12.1 Å². The summed E-state index contributed by atoms with van der Waals surface area (Å²) in [5.74, 6) is -0.994. The lowest BCUT2D eigenvalue weighted by Gasteiger charge is -2.20. The van der Waals surface area contributed by atoms with Crippen LogP contribution in [0.5, 0.6) is 0 Å². The van der Waals surface area contributed by atoms with Gasteiger partial charge in [0, 0.05) is 29.5 Å². The van der Waals surface area contributed by atoms with Gasteiger partial charge in [0.15, 0.2) is 0 Å². The first kappa shape index (κ1) is 15.1. The molecule has 0 aliphatic heterocycles. The Labute approximate surface area is 129 Å². The highest BCUT2D eigenvalue weighted by atomic mass is 35.5. The molecule has 21 heavy (non-hydrogen) atoms. The van der Waals surface area contributed by atoms with Crippen molar-refractivity contribution < 1.29 is 9.90 Å². The van der Waals surface area contributed by atoms with Gasteiger partial charge in [-0.1, -0.05) is 35.4 Å². The van der Waals surface area contributed by atoms with Gasteiger partial charge in [-0.15, -0.1) is 0 Å². The Bertz CT molecular complexity index is 678. The second-order valence-corrected chi connectivity index (χ2v) is 5.18. The molecule has 2 aromatic carbocycles. The molecule has 108 valence electrons. The molecule has 0 saturated carbocycles. The molecule has 0 bridgehead atoms. The molecular weight excluding hydrogens is 286 g/mol. The van der Waals surface area contributed by atoms with Gasteiger partial charge in [-0.05, 0) is 42.8 Å². The Kier molecular flexibility index (Phi) is 4.66. The molecule has 0 heterocycles. The van der Waals surface area contributed by atoms with Crippen molar-refractivity contribution in [1.29, 1.82) is 0 Å². The van der Waals surface area contributed by atoms with Crippen LogP contribution >= 0.6 is 11.6 Å². The predicted molar refractivity (Wildman–Crippen MR) is 87.4 cm³/mol. The molecule has 0 spiro atoms. The van der Waals surface area contributed by atoms with E-state index >= 15 is 0 Å². The fourth-order valence-corrected chi connectivity index (χ4v) is 2.18. The monoisotopic (exact) mass is 301 g/mol. The van der Waals surface area contributed by atoms with Crippen molar-refractivity contribution in [2.24, 2.45) is 0 Å². The standard InChI is InChI=1S/C17H16ClNO2/c1-12-3-7-14(8-4-12)19(2)15-9-5-13(16(18)11-15)6-10-17(20)21/h3-11H,1-2H3,(H,20,21)/b10-6+. The molecule has 1 N–H and O–H groups in total. The summed E-state index contributed by atoms with van der Waals surface area (Å²) >= 11 is 6.20. The molecule has 0 aliphatic rings. The van der Waals surface area contributed by atoms with E-state index in [4.69, 9.17) is 16.7 Å². The predicted octanol–water partition coefficient (Wildman–Crippen LogP) is 4.51. The Morgan fingerprint density at radius 3 is 2.33 bits per heavy atom. The van der Waals surface area contributed by atoms with Crippen LogP contribution in [0.15, 0.2) is 48.5 Å². The lowest BCUT2D eigenvalue weighted by Crippen LogP contribution is -2.09. The summed E-state index contributed by atoms with van der Waals surface area (Å²) in [5.41, 5.74) is 3.89. The summed E-state index contributed by atoms with van der Waals surface area (Å²) in [6.07, 6.45) is 2.56. The smallest absolute Gasteiger partial charge is 0.328 e. The third-order valence-corrected chi connectivity index (χ3v) is 3.53. The summed E-state index contributed by atoms with van der Waals surface area (Å²) in [6, 6.07) is 13.7. The molecule has 2 rings (SSSR count). The first-order chi connectivity index (χ1) is 9.97. The summed E-state index contributed by atoms with van der Waals surface area (Å²) in [4.78, 5) is 12.6. The number of benzene rings is 2. The molecule has 0 fully saturated rings. The van der Waals surface area contributed by atoms with Gasteiger partial charge in [-0.25, -0.2) is 4.79 Å². The Balaban J connectivity index is 2.27. The number of hydrogen-bond acceptors (Lipinski definition) is 2. The van der Waals surface area contributed by atoms with E-state index in [1.54, 1.807) is 0 Å². The minimum Gasteiger partial charge on any atom is -0.478 e. The second kappa shape index (κ2) is 6.46. The van der Waals surface area contributed by atoms with Crippen LogP contribution in [0.2, 0.25) is 5.02 Å². The zero-order valence-electron chi connectivity index (χ0n) is 11.9. The van der Waals surface area contributed by atoms with E-state index in [0.717, 1.165) is 17.5 Å². The number of nitrogens with zero attached hydrogens (tertiary/aromatic N) is 1. The number of aliphatic carboxylic acids is 1. The zero-order valence-corrected chi connectivity index (χ0v) is 12.6. The average molecular weight is 302 g/mol. The molecule has 0 saturated heterocycles. The van der Waals surface area contributed by atoms with Crippen LogP contribution in [0.1, 0.15) is 11.1 Å². The maximum absolute atomic E-state index is 10.5. The van der Waals surface area contributed by atoms with Gasteiger partial charge in [0.2, 0.25) is 0 Å². The summed E-state index contributed by atoms with van der Waals surface area (Å²) in [5, 5.41) is 9.16. The van der Waals surface area contributed by atoms with E-state index in [9.17, 15) is 4.79 Å². The lowest BCUT2D eigenvalue weighted by molar-refractivity contribution is -0.131. The SMILES string of the molecule is Cc1ccc(N(C)c2ccc(/C=C/C(=O)O)c(Cl)c2)cc1. The minimum absolute atomic E-state index is 0.518. The second-order valence-electron chi connectivity index (χ2n) is 4.77. The van der Waals surface area contributed by atoms with Gasteiger partial charge in [0.25, 0.3) is 0 Å². The third kappa shape index (κ3) is 3.86. The van der Waals surface area contributed by atoms with Crippen LogP contribution in [-0.2, 0) is 4.79 Å². The molecule has 0 atom stereocenters. The molecule has 4 heteroatoms. The van der Waals surface area contributed by atoms with Crippen LogP contribution in [0.3, 0.4) is 0 Å². The van der Waals surface area contributed by atoms with Gasteiger partial charge >= 0.3 is 5.97 Å². The zero-order chi connectivity index (χ0) is 15.4. The van der Waals surface area contributed by atoms with E-state index < -0.39 is 5.97 Å². The van der Waals surface area contributed by atoms with Crippen LogP contribution in [0, 0.1) is 6.92 Å². The van der Waals surface area contributed by atoms with Crippen LogP contribution in [-0.4, -0.2) is 18.1 Å². The molecule has 0 unspecified atom stereocenters. The van der Waals surface area contributed by atoms with Gasteiger partial charge < -0.3 is 10.0 Å². The van der Waals surface area contributed by atoms with Gasteiger partial charge in [-0.2, -0.15) is 0 Å². The number of carbonyl (C=O) groups is 1. The molecule has 3 nitrogen and oxygen atoms in total. The lowest BCUT2D eigenvalue weighted by atomic mass is 10.1. The topological polar surface area (TPSA) is 40.5 Å². The number of carboxylic acid groups (broad SMARTS) is 1. The van der Waals surface area contributed by atoms with Crippen molar-refractivity contribution in [3.8, 4) is 0 Å². The van der Waals surface area contributed by atoms with Crippen molar-refractivity contribution in [3.05, 3.63) is 64.7 Å². The van der Waals surface area contributed by atoms with Crippen LogP contribution in [0.25, 0.3) is 6.08 Å². The Hall–Kier alpha value is -2.26. The van der Waals surface area contributed by atoms with E-state index in [1.165, 1.54) is 11.6 Å². The molecule has 0 amide bonds. The van der Waals surface area contributed by atoms with Gasteiger partial charge in [0.1, 0.15) is 0 Å². The highest BCUT2D eigenvalue weighted by Gasteiger charge is 2.06. The Morgan fingerprint density at radius 2 is 1.76 bits per heavy atom. The molecule has 0 radical (unpaired) electrons. The van der Waals surface area contributed by atoms with Crippen molar-refractivity contribution in [2.75, 3.05) is 11.9 Å². The summed E-state index contributed by atoms with van der Waals surface area (Å²) in [6.45, 7) is 2.05. The largest absolute Gasteiger partial charge is 0.478 e. The quantitative estimate of drug-likeness (QED) is 0.844. The molecular formula is C17H16ClNO2. The van der Waals surface area contributed by atoms with Gasteiger partial charge in [-0.3, -0.25) is 0 Å². The average Bonchev–Trinajstić information content (AvgIpc) is 2.46. The highest BCUT2D eigenvalue weighted by Crippen LogP contribution is 2.28. The van der Waals surface area contributed by atoms with Crippen molar-refractivity contribution in [2.45, 2.75) is 6.92 Å². The number of hydrogen-bond donors (Lipinski definition) is 1. The molecule has 0 aliphatic carbocycles. The van der Waals surface area contributed by atoms with Crippen molar-refractivity contribution in [1.82, 2.24) is 0 Å². The maximum atomic E-state index is 10.5. The minimum atomic E-state index is -0.994. The fraction of sp³-hybridized carbons (Fsp3) is 0.118. The third-order valence-electron chi connectivity index (χ3n) is 3.20. The number of halogens is 1. The fourth-order valence-electron chi connectivity index (χ4n) is 1.94. The highest BCUT2D eigenvalue weighted by molar-refractivity contribution is 6.32. The van der Waals surface area contributed by atoms with Crippen molar-refractivity contribution in [3.63, 3.8) is 0 Å². The number of anilines is 2. The van der Waals surface area contributed by atoms with Gasteiger partial charge in [0.05, 0.1) is 0 Å². The van der Waals surface area contributed by atoms with E-state index in [1.807, 2.05) is 49.2 Å². The Morgan fingerprint density at radius 1 is 1.14 bits per heavy atom. The molecule has 0 aromatic heterocycles. The summed E-state index contributed by atoms with van der Waals surface area (Å²) in [7, 11) is 1.96. The van der Waals surface area contributed by atoms with Crippen LogP contribution in [0.4, 0.5) is 11.4 Å². The van der Waals surface area contributed by atoms with E-state index in [0.29, 0.717) is 10.6 Å². The maximum Gasteiger partial charge on any atom is 0.328 e. The van der Waals surface area contributed by atoms with Crippen LogP contribution < -0.4 is 4.90 Å². The first-order valence-electron chi connectivity index (χ1n) is 6.48. The normalized spacial score (nSPS) is 10.8. The number of carboxylic acids is 1.